The van der Waals surface area contributed by atoms with Crippen LogP contribution in [-0.2, 0) is 0 Å². The molecule has 0 amide bonds. The van der Waals surface area contributed by atoms with Crippen LogP contribution in [0.3, 0.4) is 0 Å². The highest BCUT2D eigenvalue weighted by Gasteiger charge is 1.99. The third kappa shape index (κ3) is 8.47. The minimum Gasteiger partial charge on any atom is -0.0730 e. The maximum absolute atomic E-state index is 2.26. The van der Waals surface area contributed by atoms with Crippen molar-refractivity contribution in [3.8, 4) is 0 Å². The van der Waals surface area contributed by atoms with Gasteiger partial charge in [0.15, 0.2) is 0 Å². The summed E-state index contributed by atoms with van der Waals surface area (Å²) in [7, 11) is 0. The summed E-state index contributed by atoms with van der Waals surface area (Å²) >= 11 is 0. The summed E-state index contributed by atoms with van der Waals surface area (Å²) in [4.78, 5) is 0. The van der Waals surface area contributed by atoms with Gasteiger partial charge in [0.2, 0.25) is 0 Å². The average Bonchev–Trinajstić information content (AvgIpc) is 2.28. The van der Waals surface area contributed by atoms with Gasteiger partial charge in [0.25, 0.3) is 0 Å². The maximum Gasteiger partial charge on any atom is -0.0280 e. The number of rotatable bonds is 4. The molecule has 0 heteroatoms. The molecule has 88 valence electrons. The summed E-state index contributed by atoms with van der Waals surface area (Å²) in [6.07, 6.45) is 13.8. The zero-order chi connectivity index (χ0) is 11.5. The lowest BCUT2D eigenvalue weighted by atomic mass is 9.98. The smallest absolute Gasteiger partial charge is 0.0280 e. The molecule has 0 unspecified atom stereocenters. The summed E-state index contributed by atoms with van der Waals surface area (Å²) in [5.74, 6) is 0. The van der Waals surface area contributed by atoms with Crippen molar-refractivity contribution in [3.63, 3.8) is 0 Å². The van der Waals surface area contributed by atoms with Crippen LogP contribution in [0, 0.1) is 0 Å². The van der Waals surface area contributed by atoms with Crippen LogP contribution in [0.2, 0.25) is 0 Å². The molecule has 0 N–H and O–H groups in total. The van der Waals surface area contributed by atoms with Gasteiger partial charge in [-0.3, -0.25) is 0 Å². The summed E-state index contributed by atoms with van der Waals surface area (Å²) in [5, 5.41) is 0. The van der Waals surface area contributed by atoms with E-state index >= 15 is 0 Å². The highest BCUT2D eigenvalue weighted by atomic mass is 14.0. The Morgan fingerprint density at radius 3 is 1.87 bits per heavy atom. The Labute approximate surface area is 96.5 Å². The third-order valence-corrected chi connectivity index (χ3v) is 2.86. The van der Waals surface area contributed by atoms with Crippen LogP contribution >= 0.6 is 0 Å². The fourth-order valence-electron chi connectivity index (χ4n) is 1.58. The first-order valence-corrected chi connectivity index (χ1v) is 6.59. The Bertz CT molecular complexity index is 192. The molecule has 0 radical (unpaired) electrons. The normalized spacial score (nSPS) is 14.9. The van der Waals surface area contributed by atoms with E-state index in [0.29, 0.717) is 0 Å². The Kier molecular flexibility index (Phi) is 9.67. The SMILES string of the molecule is CCC1=CC=C(C)CC1.CCCCCC. The zero-order valence-corrected chi connectivity index (χ0v) is 11.1. The van der Waals surface area contributed by atoms with Gasteiger partial charge in [-0.1, -0.05) is 69.8 Å². The summed E-state index contributed by atoms with van der Waals surface area (Å²) in [6.45, 7) is 8.88. The molecule has 0 fully saturated rings. The molecule has 0 spiro atoms. The lowest BCUT2D eigenvalue weighted by Gasteiger charge is -2.08. The molecule has 0 saturated carbocycles. The van der Waals surface area contributed by atoms with Crippen molar-refractivity contribution < 1.29 is 0 Å². The van der Waals surface area contributed by atoms with Crippen molar-refractivity contribution in [1.29, 1.82) is 0 Å². The molecule has 0 heterocycles. The first kappa shape index (κ1) is 14.5. The lowest BCUT2D eigenvalue weighted by Crippen LogP contribution is -1.88. The van der Waals surface area contributed by atoms with E-state index in [2.05, 4.69) is 39.8 Å². The van der Waals surface area contributed by atoms with E-state index in [1.54, 1.807) is 5.57 Å². The maximum atomic E-state index is 2.26. The van der Waals surface area contributed by atoms with Gasteiger partial charge in [0.05, 0.1) is 0 Å². The summed E-state index contributed by atoms with van der Waals surface area (Å²) in [6, 6.07) is 0. The van der Waals surface area contributed by atoms with Gasteiger partial charge in [0, 0.05) is 0 Å². The van der Waals surface area contributed by atoms with E-state index in [4.69, 9.17) is 0 Å². The van der Waals surface area contributed by atoms with Crippen LogP contribution in [0.4, 0.5) is 0 Å². The minimum atomic E-state index is 1.23. The second-order valence-electron chi connectivity index (χ2n) is 4.40. The molecule has 0 nitrogen and oxygen atoms in total. The average molecular weight is 208 g/mol. The van der Waals surface area contributed by atoms with Crippen LogP contribution in [0.5, 0.6) is 0 Å². The molecule has 0 aromatic heterocycles. The fraction of sp³-hybridized carbons (Fsp3) is 0.733. The molecule has 0 saturated heterocycles. The van der Waals surface area contributed by atoms with E-state index in [1.807, 2.05) is 0 Å². The number of allylic oxidation sites excluding steroid dienone is 4. The van der Waals surface area contributed by atoms with Crippen molar-refractivity contribution in [1.82, 2.24) is 0 Å². The van der Waals surface area contributed by atoms with Gasteiger partial charge < -0.3 is 0 Å². The van der Waals surface area contributed by atoms with Gasteiger partial charge >= 0.3 is 0 Å². The predicted octanol–water partition coefficient (Wildman–Crippen LogP) is 5.65. The predicted molar refractivity (Wildman–Crippen MR) is 71.2 cm³/mol. The van der Waals surface area contributed by atoms with Crippen LogP contribution < -0.4 is 0 Å². The van der Waals surface area contributed by atoms with E-state index in [9.17, 15) is 0 Å². The third-order valence-electron chi connectivity index (χ3n) is 2.86. The fourth-order valence-corrected chi connectivity index (χ4v) is 1.58. The number of hydrogen-bond acceptors (Lipinski definition) is 0. The number of hydrogen-bond donors (Lipinski definition) is 0. The topological polar surface area (TPSA) is 0 Å². The molecule has 1 aliphatic carbocycles. The molecule has 0 atom stereocenters. The van der Waals surface area contributed by atoms with Gasteiger partial charge in [-0.05, 0) is 26.2 Å². The molecular formula is C15H28. The first-order chi connectivity index (χ1) is 7.24. The molecule has 0 aromatic carbocycles. The quantitative estimate of drug-likeness (QED) is 0.524. The van der Waals surface area contributed by atoms with Gasteiger partial charge in [-0.25, -0.2) is 0 Å². The van der Waals surface area contributed by atoms with Crippen molar-refractivity contribution >= 4 is 0 Å². The second-order valence-corrected chi connectivity index (χ2v) is 4.40. The van der Waals surface area contributed by atoms with E-state index in [1.165, 1.54) is 50.5 Å². The highest BCUT2D eigenvalue weighted by Crippen LogP contribution is 2.19. The lowest BCUT2D eigenvalue weighted by molar-refractivity contribution is 0.702. The monoisotopic (exact) mass is 208 g/mol. The summed E-state index contributed by atoms with van der Waals surface area (Å²) < 4.78 is 0. The first-order valence-electron chi connectivity index (χ1n) is 6.59. The second kappa shape index (κ2) is 10.0. The van der Waals surface area contributed by atoms with Gasteiger partial charge in [-0.15, -0.1) is 0 Å². The molecule has 15 heavy (non-hydrogen) atoms. The Hall–Kier alpha value is -0.520. The zero-order valence-electron chi connectivity index (χ0n) is 11.1. The Morgan fingerprint density at radius 2 is 1.53 bits per heavy atom. The summed E-state index contributed by atoms with van der Waals surface area (Å²) in [5.41, 5.74) is 3.12. The van der Waals surface area contributed by atoms with E-state index in [0.717, 1.165) is 0 Å². The van der Waals surface area contributed by atoms with E-state index in [-0.39, 0.29) is 0 Å². The molecule has 0 aromatic rings. The molecule has 1 aliphatic rings. The Morgan fingerprint density at radius 1 is 0.933 bits per heavy atom. The van der Waals surface area contributed by atoms with Crippen molar-refractivity contribution in [3.05, 3.63) is 23.3 Å². The van der Waals surface area contributed by atoms with Crippen LogP contribution in [0.1, 0.15) is 72.6 Å². The molecule has 0 bridgehead atoms. The number of unbranched alkanes of at least 4 members (excludes halogenated alkanes) is 3. The van der Waals surface area contributed by atoms with Gasteiger partial charge in [0.1, 0.15) is 0 Å². The van der Waals surface area contributed by atoms with Crippen molar-refractivity contribution in [2.45, 2.75) is 72.6 Å². The Balaban J connectivity index is 0.000000288. The largest absolute Gasteiger partial charge is 0.0730 e. The van der Waals surface area contributed by atoms with E-state index < -0.39 is 0 Å². The van der Waals surface area contributed by atoms with Crippen molar-refractivity contribution in [2.24, 2.45) is 0 Å². The highest BCUT2D eigenvalue weighted by molar-refractivity contribution is 5.22. The van der Waals surface area contributed by atoms with Crippen LogP contribution in [-0.4, -0.2) is 0 Å². The van der Waals surface area contributed by atoms with Crippen LogP contribution in [0.15, 0.2) is 23.3 Å². The van der Waals surface area contributed by atoms with Crippen molar-refractivity contribution in [2.75, 3.05) is 0 Å². The van der Waals surface area contributed by atoms with Gasteiger partial charge in [-0.2, -0.15) is 0 Å². The molecular weight excluding hydrogens is 180 g/mol. The standard InChI is InChI=1S/C9H14.C6H14/c1-3-9-6-4-8(2)5-7-9;1-3-5-6-4-2/h4,6H,3,5,7H2,1-2H3;3-6H2,1-2H3. The van der Waals surface area contributed by atoms with Crippen LogP contribution in [0.25, 0.3) is 0 Å². The molecule has 0 aliphatic heterocycles. The minimum absolute atomic E-state index is 1.23. The molecule has 1 rings (SSSR count).